The number of rotatable bonds is 7. The third-order valence-corrected chi connectivity index (χ3v) is 4.86. The average Bonchev–Trinajstić information content (AvgIpc) is 3.19. The molecule has 7 heteroatoms. The van der Waals surface area contributed by atoms with E-state index in [2.05, 4.69) is 10.3 Å². The molecule has 0 fully saturated rings. The zero-order valence-electron chi connectivity index (χ0n) is 14.4. The molecule has 0 aliphatic rings. The largest absolute Gasteiger partial charge is 0.451 e. The van der Waals surface area contributed by atoms with E-state index in [9.17, 15) is 9.59 Å². The van der Waals surface area contributed by atoms with E-state index >= 15 is 0 Å². The van der Waals surface area contributed by atoms with Crippen molar-refractivity contribution in [3.05, 3.63) is 76.3 Å². The van der Waals surface area contributed by atoms with Gasteiger partial charge in [-0.25, -0.2) is 9.78 Å². The Balaban J connectivity index is 1.43. The number of nitrogens with one attached hydrogen (secondary N) is 1. The molecular formula is C20H17ClN2O3S. The minimum Gasteiger partial charge on any atom is -0.451 e. The lowest BCUT2D eigenvalue weighted by molar-refractivity contribution is -0.124. The summed E-state index contributed by atoms with van der Waals surface area (Å²) >= 11 is 7.19. The Kier molecular flexibility index (Phi) is 6.57. The second kappa shape index (κ2) is 9.30. The van der Waals surface area contributed by atoms with Gasteiger partial charge in [0.2, 0.25) is 0 Å². The van der Waals surface area contributed by atoms with Crippen molar-refractivity contribution in [2.75, 3.05) is 13.2 Å². The van der Waals surface area contributed by atoms with Crippen LogP contribution >= 0.6 is 22.9 Å². The predicted molar refractivity (Wildman–Crippen MR) is 106 cm³/mol. The molecule has 0 radical (unpaired) electrons. The van der Waals surface area contributed by atoms with Crippen LogP contribution in [-0.4, -0.2) is 30.0 Å². The summed E-state index contributed by atoms with van der Waals surface area (Å²) in [6, 6.07) is 17.0. The Hall–Kier alpha value is -2.70. The van der Waals surface area contributed by atoms with Gasteiger partial charge in [0, 0.05) is 22.5 Å². The fourth-order valence-electron chi connectivity index (χ4n) is 2.33. The van der Waals surface area contributed by atoms with Gasteiger partial charge in [0.1, 0.15) is 5.01 Å². The molecule has 0 aliphatic heterocycles. The van der Waals surface area contributed by atoms with Crippen molar-refractivity contribution in [1.29, 1.82) is 0 Å². The van der Waals surface area contributed by atoms with E-state index in [-0.39, 0.29) is 18.2 Å². The van der Waals surface area contributed by atoms with Crippen LogP contribution in [0.2, 0.25) is 5.02 Å². The van der Waals surface area contributed by atoms with Gasteiger partial charge in [0.05, 0.1) is 0 Å². The normalized spacial score (nSPS) is 10.4. The molecule has 0 saturated carbocycles. The number of carbonyl (C=O) groups excluding carboxylic acids is 2. The molecule has 0 unspecified atom stereocenters. The molecule has 27 heavy (non-hydrogen) atoms. The SMILES string of the molecule is O=C(COC(=O)c1csc(-c2ccccc2)n1)NCCc1ccc(Cl)cc1. The Morgan fingerprint density at radius 2 is 1.81 bits per heavy atom. The van der Waals surface area contributed by atoms with Crippen LogP contribution in [0.1, 0.15) is 16.1 Å². The Bertz CT molecular complexity index is 910. The van der Waals surface area contributed by atoms with Gasteiger partial charge >= 0.3 is 5.97 Å². The number of amides is 1. The van der Waals surface area contributed by atoms with Crippen molar-refractivity contribution in [3.63, 3.8) is 0 Å². The number of hydrogen-bond donors (Lipinski definition) is 1. The molecule has 5 nitrogen and oxygen atoms in total. The molecule has 0 bridgehead atoms. The summed E-state index contributed by atoms with van der Waals surface area (Å²) in [5.41, 5.74) is 2.20. The third-order valence-electron chi connectivity index (χ3n) is 3.72. The second-order valence-corrected chi connectivity index (χ2v) is 7.00. The summed E-state index contributed by atoms with van der Waals surface area (Å²) < 4.78 is 5.03. The summed E-state index contributed by atoms with van der Waals surface area (Å²) in [5, 5.41) is 5.75. The molecule has 3 aromatic rings. The highest BCUT2D eigenvalue weighted by Crippen LogP contribution is 2.23. The molecular weight excluding hydrogens is 384 g/mol. The van der Waals surface area contributed by atoms with Crippen LogP contribution in [0.3, 0.4) is 0 Å². The van der Waals surface area contributed by atoms with Gasteiger partial charge in [-0.2, -0.15) is 0 Å². The van der Waals surface area contributed by atoms with Crippen molar-refractivity contribution in [2.45, 2.75) is 6.42 Å². The van der Waals surface area contributed by atoms with Crippen LogP contribution in [-0.2, 0) is 16.0 Å². The van der Waals surface area contributed by atoms with Crippen molar-refractivity contribution in [2.24, 2.45) is 0 Å². The van der Waals surface area contributed by atoms with Crippen LogP contribution in [0.15, 0.2) is 60.0 Å². The number of esters is 1. The number of benzene rings is 2. The van der Waals surface area contributed by atoms with Gasteiger partial charge < -0.3 is 10.1 Å². The number of aromatic nitrogens is 1. The lowest BCUT2D eigenvalue weighted by Gasteiger charge is -2.06. The van der Waals surface area contributed by atoms with Gasteiger partial charge in [-0.15, -0.1) is 11.3 Å². The van der Waals surface area contributed by atoms with E-state index in [1.54, 1.807) is 17.5 Å². The summed E-state index contributed by atoms with van der Waals surface area (Å²) in [6.07, 6.45) is 0.670. The maximum Gasteiger partial charge on any atom is 0.358 e. The number of thiazole rings is 1. The van der Waals surface area contributed by atoms with Crippen molar-refractivity contribution in [3.8, 4) is 10.6 Å². The van der Waals surface area contributed by atoms with Crippen LogP contribution in [0.5, 0.6) is 0 Å². The van der Waals surface area contributed by atoms with Gasteiger partial charge in [-0.1, -0.05) is 54.1 Å². The smallest absolute Gasteiger partial charge is 0.358 e. The molecule has 1 heterocycles. The quantitative estimate of drug-likeness (QED) is 0.609. The van der Waals surface area contributed by atoms with E-state index in [4.69, 9.17) is 16.3 Å². The Morgan fingerprint density at radius 3 is 2.56 bits per heavy atom. The van der Waals surface area contributed by atoms with Crippen molar-refractivity contribution >= 4 is 34.8 Å². The number of ether oxygens (including phenoxy) is 1. The highest BCUT2D eigenvalue weighted by Gasteiger charge is 2.14. The maximum absolute atomic E-state index is 12.1. The first kappa shape index (κ1) is 19.1. The first-order valence-corrected chi connectivity index (χ1v) is 9.57. The molecule has 1 amide bonds. The molecule has 1 N–H and O–H groups in total. The molecule has 3 rings (SSSR count). The maximum atomic E-state index is 12.1. The average molecular weight is 401 g/mol. The lowest BCUT2D eigenvalue weighted by Crippen LogP contribution is -2.30. The number of nitrogens with zero attached hydrogens (tertiary/aromatic N) is 1. The zero-order valence-corrected chi connectivity index (χ0v) is 15.9. The third kappa shape index (κ3) is 5.64. The lowest BCUT2D eigenvalue weighted by atomic mass is 10.1. The summed E-state index contributed by atoms with van der Waals surface area (Å²) in [7, 11) is 0. The highest BCUT2D eigenvalue weighted by atomic mass is 35.5. The molecule has 1 aromatic heterocycles. The summed E-state index contributed by atoms with van der Waals surface area (Å²) in [4.78, 5) is 28.1. The van der Waals surface area contributed by atoms with E-state index in [1.165, 1.54) is 11.3 Å². The van der Waals surface area contributed by atoms with E-state index in [1.807, 2.05) is 42.5 Å². The molecule has 0 aliphatic carbocycles. The number of halogens is 1. The van der Waals surface area contributed by atoms with Gasteiger partial charge in [-0.3, -0.25) is 4.79 Å². The fraction of sp³-hybridized carbons (Fsp3) is 0.150. The molecule has 138 valence electrons. The molecule has 2 aromatic carbocycles. The highest BCUT2D eigenvalue weighted by molar-refractivity contribution is 7.13. The predicted octanol–water partition coefficient (Wildman–Crippen LogP) is 3.98. The Morgan fingerprint density at radius 1 is 1.07 bits per heavy atom. The van der Waals surface area contributed by atoms with E-state index in [0.717, 1.165) is 16.1 Å². The Labute approximate surface area is 166 Å². The van der Waals surface area contributed by atoms with Crippen LogP contribution in [0, 0.1) is 0 Å². The van der Waals surface area contributed by atoms with Gasteiger partial charge in [0.15, 0.2) is 12.3 Å². The van der Waals surface area contributed by atoms with Gasteiger partial charge in [0.25, 0.3) is 5.91 Å². The summed E-state index contributed by atoms with van der Waals surface area (Å²) in [5.74, 6) is -0.961. The van der Waals surface area contributed by atoms with Crippen molar-refractivity contribution < 1.29 is 14.3 Å². The second-order valence-electron chi connectivity index (χ2n) is 5.71. The van der Waals surface area contributed by atoms with Crippen LogP contribution in [0.4, 0.5) is 0 Å². The summed E-state index contributed by atoms with van der Waals surface area (Å²) in [6.45, 7) is 0.116. The van der Waals surface area contributed by atoms with Crippen LogP contribution < -0.4 is 5.32 Å². The monoisotopic (exact) mass is 400 g/mol. The first-order valence-electron chi connectivity index (χ1n) is 8.31. The standard InChI is InChI=1S/C20H17ClN2O3S/c21-16-8-6-14(7-9-16)10-11-22-18(24)12-26-20(25)17-13-27-19(23-17)15-4-2-1-3-5-15/h1-9,13H,10-12H2,(H,22,24). The number of carbonyl (C=O) groups is 2. The minimum absolute atomic E-state index is 0.202. The molecule has 0 atom stereocenters. The topological polar surface area (TPSA) is 68.3 Å². The van der Waals surface area contributed by atoms with Crippen LogP contribution in [0.25, 0.3) is 10.6 Å². The van der Waals surface area contributed by atoms with Gasteiger partial charge in [-0.05, 0) is 24.1 Å². The van der Waals surface area contributed by atoms with Crippen molar-refractivity contribution in [1.82, 2.24) is 10.3 Å². The van der Waals surface area contributed by atoms with E-state index < -0.39 is 5.97 Å². The molecule has 0 saturated heterocycles. The zero-order chi connectivity index (χ0) is 19.1. The van der Waals surface area contributed by atoms with E-state index in [0.29, 0.717) is 18.0 Å². The minimum atomic E-state index is -0.610. The molecule has 0 spiro atoms. The fourth-order valence-corrected chi connectivity index (χ4v) is 3.26. The first-order chi connectivity index (χ1) is 13.1. The number of hydrogen-bond acceptors (Lipinski definition) is 5.